The van der Waals surface area contributed by atoms with Gasteiger partial charge in [-0.2, -0.15) is 0 Å². The molecule has 1 saturated heterocycles. The number of hydrogen-bond acceptors (Lipinski definition) is 4. The van der Waals surface area contributed by atoms with Crippen molar-refractivity contribution in [1.29, 1.82) is 0 Å². The summed E-state index contributed by atoms with van der Waals surface area (Å²) in [5, 5.41) is 6.22. The normalized spacial score (nSPS) is 17.4. The van der Waals surface area contributed by atoms with Crippen molar-refractivity contribution >= 4 is 18.0 Å². The number of carbonyl (C=O) groups excluding carboxylic acids is 2. The molecule has 8 heteroatoms. The van der Waals surface area contributed by atoms with E-state index in [2.05, 4.69) is 20.5 Å². The Morgan fingerprint density at radius 1 is 1.29 bits per heavy atom. The number of alkyl carbamates (subject to hydrolysis) is 1. The van der Waals surface area contributed by atoms with Crippen molar-refractivity contribution in [2.75, 3.05) is 19.6 Å². The van der Waals surface area contributed by atoms with Gasteiger partial charge in [0, 0.05) is 25.2 Å². The van der Waals surface area contributed by atoms with Crippen molar-refractivity contribution in [3.05, 3.63) is 35.4 Å². The monoisotopic (exact) mass is 389 g/mol. The first kappa shape index (κ1) is 21.5. The lowest BCUT2D eigenvalue weighted by Crippen LogP contribution is -2.44. The number of carbonyl (C=O) groups is 2. The van der Waals surface area contributed by atoms with Gasteiger partial charge in [-0.3, -0.25) is 4.79 Å². The summed E-state index contributed by atoms with van der Waals surface area (Å²) >= 11 is 0. The number of aliphatic imine (C=N–C) groups is 1. The van der Waals surface area contributed by atoms with E-state index in [4.69, 9.17) is 10.5 Å². The third kappa shape index (κ3) is 6.75. The Morgan fingerprint density at radius 3 is 2.54 bits per heavy atom. The number of guanidine groups is 1. The quantitative estimate of drug-likeness (QED) is 0.526. The van der Waals surface area contributed by atoms with Gasteiger partial charge >= 0.3 is 6.09 Å². The van der Waals surface area contributed by atoms with Crippen LogP contribution in [-0.2, 0) is 11.3 Å². The fourth-order valence-corrected chi connectivity index (χ4v) is 2.91. The van der Waals surface area contributed by atoms with Crippen molar-refractivity contribution in [2.45, 2.75) is 52.3 Å². The molecule has 1 aliphatic rings. The Morgan fingerprint density at radius 2 is 1.96 bits per heavy atom. The highest BCUT2D eigenvalue weighted by atomic mass is 16.6. The maximum atomic E-state index is 12.0. The lowest BCUT2D eigenvalue weighted by atomic mass is 10.1. The number of likely N-dealkylation sites (tertiary alicyclic amines) is 1. The molecule has 0 spiro atoms. The van der Waals surface area contributed by atoms with Gasteiger partial charge in [-0.05, 0) is 51.8 Å². The van der Waals surface area contributed by atoms with Crippen LogP contribution in [0.1, 0.15) is 50.0 Å². The summed E-state index contributed by atoms with van der Waals surface area (Å²) in [5.74, 6) is 0.360. The molecule has 154 valence electrons. The molecule has 2 rings (SSSR count). The molecule has 0 saturated carbocycles. The Kier molecular flexibility index (Phi) is 7.25. The number of nitrogens with zero attached hydrogens (tertiary/aromatic N) is 2. The zero-order valence-electron chi connectivity index (χ0n) is 17.1. The van der Waals surface area contributed by atoms with E-state index in [1.807, 2.05) is 39.8 Å². The maximum Gasteiger partial charge on any atom is 0.407 e. The first-order valence-electron chi connectivity index (χ1n) is 9.59. The molecule has 0 aromatic heterocycles. The van der Waals surface area contributed by atoms with Gasteiger partial charge in [0.25, 0.3) is 0 Å². The third-order valence-corrected chi connectivity index (χ3v) is 4.19. The second-order valence-corrected chi connectivity index (χ2v) is 7.81. The summed E-state index contributed by atoms with van der Waals surface area (Å²) < 4.78 is 5.33. The minimum atomic E-state index is -0.511. The molecule has 4 N–H and O–H groups in total. The van der Waals surface area contributed by atoms with Crippen LogP contribution in [-0.4, -0.2) is 54.1 Å². The molecule has 28 heavy (non-hydrogen) atoms. The highest BCUT2D eigenvalue weighted by molar-refractivity contribution is 5.92. The van der Waals surface area contributed by atoms with Crippen molar-refractivity contribution in [2.24, 2.45) is 10.7 Å². The van der Waals surface area contributed by atoms with Gasteiger partial charge in [0.05, 0.1) is 12.6 Å². The zero-order valence-corrected chi connectivity index (χ0v) is 17.1. The summed E-state index contributed by atoms with van der Waals surface area (Å²) in [6.45, 7) is 10.3. The van der Waals surface area contributed by atoms with Gasteiger partial charge in [0.2, 0.25) is 5.91 Å². The van der Waals surface area contributed by atoms with Crippen LogP contribution in [0.15, 0.2) is 29.3 Å². The average molecular weight is 390 g/mol. The molecule has 1 aromatic rings. The Hall–Kier alpha value is -2.77. The number of primary amides is 1. The summed E-state index contributed by atoms with van der Waals surface area (Å²) in [4.78, 5) is 29.9. The maximum absolute atomic E-state index is 12.0. The number of hydrogen-bond donors (Lipinski definition) is 3. The standard InChI is InChI=1S/C20H31N5O3/c1-5-22-18(23-12-14-6-8-15(9-7-14)17(21)26)25-11-10-16(13-25)24-19(27)28-20(2,3)4/h6-9,16H,5,10-13H2,1-4H3,(H2,21,26)(H,22,23)(H,24,27). The first-order chi connectivity index (χ1) is 13.2. The van der Waals surface area contributed by atoms with Crippen LogP contribution in [0.3, 0.4) is 0 Å². The lowest BCUT2D eigenvalue weighted by Gasteiger charge is -2.23. The fraction of sp³-hybridized carbons (Fsp3) is 0.550. The molecule has 1 aliphatic heterocycles. The molecule has 1 unspecified atom stereocenters. The van der Waals surface area contributed by atoms with E-state index in [-0.39, 0.29) is 6.04 Å². The molecule has 0 radical (unpaired) electrons. The second kappa shape index (κ2) is 9.43. The zero-order chi connectivity index (χ0) is 20.7. The van der Waals surface area contributed by atoms with E-state index in [1.54, 1.807) is 12.1 Å². The van der Waals surface area contributed by atoms with E-state index in [0.29, 0.717) is 18.7 Å². The van der Waals surface area contributed by atoms with E-state index in [9.17, 15) is 9.59 Å². The van der Waals surface area contributed by atoms with Gasteiger partial charge in [-0.25, -0.2) is 9.79 Å². The molecule has 0 aliphatic carbocycles. The van der Waals surface area contributed by atoms with E-state index >= 15 is 0 Å². The second-order valence-electron chi connectivity index (χ2n) is 7.81. The number of ether oxygens (including phenoxy) is 1. The SMILES string of the molecule is CCNC(=NCc1ccc(C(N)=O)cc1)N1CCC(NC(=O)OC(C)(C)C)C1. The fourth-order valence-electron chi connectivity index (χ4n) is 2.91. The summed E-state index contributed by atoms with van der Waals surface area (Å²) in [5.41, 5.74) is 6.23. The number of amides is 2. The third-order valence-electron chi connectivity index (χ3n) is 4.19. The van der Waals surface area contributed by atoms with Crippen LogP contribution >= 0.6 is 0 Å². The summed E-state index contributed by atoms with van der Waals surface area (Å²) in [6, 6.07) is 7.13. The molecule has 0 bridgehead atoms. The van der Waals surface area contributed by atoms with E-state index in [0.717, 1.165) is 31.0 Å². The van der Waals surface area contributed by atoms with Crippen LogP contribution in [0, 0.1) is 0 Å². The van der Waals surface area contributed by atoms with Gasteiger partial charge in [-0.1, -0.05) is 12.1 Å². The van der Waals surface area contributed by atoms with Crippen LogP contribution in [0.25, 0.3) is 0 Å². The largest absolute Gasteiger partial charge is 0.444 e. The van der Waals surface area contributed by atoms with Crippen LogP contribution in [0.2, 0.25) is 0 Å². The van der Waals surface area contributed by atoms with Gasteiger partial charge in [-0.15, -0.1) is 0 Å². The van der Waals surface area contributed by atoms with Crippen LogP contribution in [0.5, 0.6) is 0 Å². The van der Waals surface area contributed by atoms with Gasteiger partial charge < -0.3 is 26.0 Å². The lowest BCUT2D eigenvalue weighted by molar-refractivity contribution is 0.0507. The predicted octanol–water partition coefficient (Wildman–Crippen LogP) is 1.85. The van der Waals surface area contributed by atoms with E-state index in [1.165, 1.54) is 0 Å². The summed E-state index contributed by atoms with van der Waals surface area (Å²) in [6.07, 6.45) is 0.438. The number of nitrogens with one attached hydrogen (secondary N) is 2. The number of benzene rings is 1. The number of nitrogens with two attached hydrogens (primary N) is 1. The predicted molar refractivity (Wildman–Crippen MR) is 109 cm³/mol. The number of rotatable bonds is 5. The van der Waals surface area contributed by atoms with Gasteiger partial charge in [0.15, 0.2) is 5.96 Å². The molecule has 1 heterocycles. The molecule has 1 atom stereocenters. The molecule has 8 nitrogen and oxygen atoms in total. The highest BCUT2D eigenvalue weighted by Crippen LogP contribution is 2.13. The Balaban J connectivity index is 1.95. The minimum absolute atomic E-state index is 0.0218. The molecule has 2 amide bonds. The van der Waals surface area contributed by atoms with Crippen molar-refractivity contribution < 1.29 is 14.3 Å². The molecule has 1 aromatic carbocycles. The minimum Gasteiger partial charge on any atom is -0.444 e. The Bertz CT molecular complexity index is 710. The van der Waals surface area contributed by atoms with Crippen molar-refractivity contribution in [1.82, 2.24) is 15.5 Å². The van der Waals surface area contributed by atoms with Crippen molar-refractivity contribution in [3.8, 4) is 0 Å². The Labute approximate surface area is 166 Å². The average Bonchev–Trinajstić information content (AvgIpc) is 3.05. The molecule has 1 fully saturated rings. The molecular weight excluding hydrogens is 358 g/mol. The highest BCUT2D eigenvalue weighted by Gasteiger charge is 2.27. The van der Waals surface area contributed by atoms with Gasteiger partial charge in [0.1, 0.15) is 5.60 Å². The first-order valence-corrected chi connectivity index (χ1v) is 9.59. The topological polar surface area (TPSA) is 109 Å². The smallest absolute Gasteiger partial charge is 0.407 e. The van der Waals surface area contributed by atoms with E-state index < -0.39 is 17.6 Å². The van der Waals surface area contributed by atoms with Crippen LogP contribution < -0.4 is 16.4 Å². The molecular formula is C20H31N5O3. The van der Waals surface area contributed by atoms with Crippen LogP contribution in [0.4, 0.5) is 4.79 Å². The summed E-state index contributed by atoms with van der Waals surface area (Å²) in [7, 11) is 0. The van der Waals surface area contributed by atoms with Crippen molar-refractivity contribution in [3.63, 3.8) is 0 Å².